The van der Waals surface area contributed by atoms with Crippen LogP contribution in [0, 0.1) is 11.8 Å². The van der Waals surface area contributed by atoms with E-state index in [4.69, 9.17) is 0 Å². The summed E-state index contributed by atoms with van der Waals surface area (Å²) in [6, 6.07) is 1.77. The highest BCUT2D eigenvalue weighted by molar-refractivity contribution is 5.12. The largest absolute Gasteiger partial charge is 0.303 e. The van der Waals surface area contributed by atoms with E-state index in [0.717, 1.165) is 18.2 Å². The molecule has 0 amide bonds. The third-order valence-electron chi connectivity index (χ3n) is 6.30. The maximum atomic E-state index is 12.3. The van der Waals surface area contributed by atoms with Gasteiger partial charge in [0.25, 0.3) is 5.56 Å². The lowest BCUT2D eigenvalue weighted by atomic mass is 9.88. The van der Waals surface area contributed by atoms with E-state index in [1.54, 1.807) is 12.4 Å². The van der Waals surface area contributed by atoms with Crippen LogP contribution < -0.4 is 5.56 Å². The molecule has 0 unspecified atom stereocenters. The van der Waals surface area contributed by atoms with E-state index >= 15 is 0 Å². The Morgan fingerprint density at radius 3 is 2.29 bits per heavy atom. The maximum absolute atomic E-state index is 12.3. The highest BCUT2D eigenvalue weighted by Gasteiger charge is 2.26. The van der Waals surface area contributed by atoms with E-state index in [1.807, 2.05) is 4.57 Å². The molecule has 1 aromatic heterocycles. The minimum Gasteiger partial charge on any atom is -0.303 e. The van der Waals surface area contributed by atoms with Crippen LogP contribution in [0.2, 0.25) is 0 Å². The molecule has 4 heteroatoms. The van der Waals surface area contributed by atoms with Gasteiger partial charge in [0, 0.05) is 25.1 Å². The molecule has 132 valence electrons. The van der Waals surface area contributed by atoms with Gasteiger partial charge in [-0.1, -0.05) is 19.3 Å². The third kappa shape index (κ3) is 4.08. The summed E-state index contributed by atoms with van der Waals surface area (Å²) in [4.78, 5) is 19.5. The van der Waals surface area contributed by atoms with Gasteiger partial charge in [-0.3, -0.25) is 9.36 Å². The number of aromatic nitrogens is 2. The summed E-state index contributed by atoms with van der Waals surface area (Å²) in [7, 11) is 0. The number of hydrogen-bond acceptors (Lipinski definition) is 3. The molecule has 1 aliphatic heterocycles. The van der Waals surface area contributed by atoms with Crippen LogP contribution in [0.25, 0.3) is 0 Å². The lowest BCUT2D eigenvalue weighted by Gasteiger charge is -2.35. The molecule has 0 atom stereocenters. The normalized spacial score (nSPS) is 24.3. The zero-order valence-corrected chi connectivity index (χ0v) is 14.8. The van der Waals surface area contributed by atoms with Crippen molar-refractivity contribution in [1.29, 1.82) is 0 Å². The molecule has 2 saturated carbocycles. The Morgan fingerprint density at radius 2 is 1.62 bits per heavy atom. The molecule has 0 aromatic carbocycles. The number of likely N-dealkylation sites (tertiary alicyclic amines) is 1. The van der Waals surface area contributed by atoms with Crippen LogP contribution in [0.3, 0.4) is 0 Å². The Bertz CT molecular complexity index is 593. The Morgan fingerprint density at radius 1 is 0.917 bits per heavy atom. The zero-order valence-electron chi connectivity index (χ0n) is 14.8. The molecule has 24 heavy (non-hydrogen) atoms. The van der Waals surface area contributed by atoms with E-state index in [1.165, 1.54) is 77.4 Å². The lowest BCUT2D eigenvalue weighted by Crippen LogP contribution is -2.39. The van der Waals surface area contributed by atoms with Crippen molar-refractivity contribution in [2.24, 2.45) is 11.8 Å². The van der Waals surface area contributed by atoms with Gasteiger partial charge in [0.1, 0.15) is 0 Å². The van der Waals surface area contributed by atoms with E-state index in [-0.39, 0.29) is 5.56 Å². The second-order valence-corrected chi connectivity index (χ2v) is 8.33. The first-order valence-corrected chi connectivity index (χ1v) is 10.1. The van der Waals surface area contributed by atoms with Crippen molar-refractivity contribution in [2.45, 2.75) is 70.3 Å². The smallest absolute Gasteiger partial charge is 0.253 e. The first-order chi connectivity index (χ1) is 11.8. The molecule has 0 spiro atoms. The highest BCUT2D eigenvalue weighted by atomic mass is 16.1. The van der Waals surface area contributed by atoms with E-state index in [9.17, 15) is 4.79 Å². The molecule has 0 bridgehead atoms. The van der Waals surface area contributed by atoms with Crippen LogP contribution in [0.1, 0.15) is 69.4 Å². The lowest BCUT2D eigenvalue weighted by molar-refractivity contribution is 0.138. The summed E-state index contributed by atoms with van der Waals surface area (Å²) < 4.78 is 1.84. The molecular weight excluding hydrogens is 298 g/mol. The third-order valence-corrected chi connectivity index (χ3v) is 6.30. The number of hydrogen-bond donors (Lipinski definition) is 0. The minimum absolute atomic E-state index is 0.150. The van der Waals surface area contributed by atoms with Crippen LogP contribution in [0.15, 0.2) is 17.2 Å². The van der Waals surface area contributed by atoms with Gasteiger partial charge in [-0.2, -0.15) is 0 Å². The minimum atomic E-state index is 0.150. The Hall–Kier alpha value is -1.16. The molecule has 2 heterocycles. The fraction of sp³-hybridized carbons (Fsp3) is 0.800. The van der Waals surface area contributed by atoms with Crippen LogP contribution in [-0.4, -0.2) is 34.1 Å². The van der Waals surface area contributed by atoms with Gasteiger partial charge >= 0.3 is 0 Å². The number of rotatable bonds is 5. The second kappa shape index (κ2) is 7.38. The van der Waals surface area contributed by atoms with E-state index in [2.05, 4.69) is 9.88 Å². The molecule has 1 aromatic rings. The standard InChI is InChI=1S/C20H31N3O/c24-20-12-19(18-6-7-18)21-15-23(20)14-17-8-10-22(11-9-17)13-16-4-2-1-3-5-16/h12,15-18H,1-11,13-14H2. The van der Waals surface area contributed by atoms with Crippen molar-refractivity contribution in [3.05, 3.63) is 28.4 Å². The van der Waals surface area contributed by atoms with Gasteiger partial charge in [0.05, 0.1) is 12.0 Å². The van der Waals surface area contributed by atoms with Crippen molar-refractivity contribution in [3.63, 3.8) is 0 Å². The molecule has 2 aliphatic carbocycles. The van der Waals surface area contributed by atoms with Crippen molar-refractivity contribution in [1.82, 2.24) is 14.5 Å². The average molecular weight is 329 g/mol. The summed E-state index contributed by atoms with van der Waals surface area (Å²) in [5, 5.41) is 0. The molecule has 3 fully saturated rings. The van der Waals surface area contributed by atoms with Crippen molar-refractivity contribution in [3.8, 4) is 0 Å². The fourth-order valence-corrected chi connectivity index (χ4v) is 4.54. The molecule has 1 saturated heterocycles. The first kappa shape index (κ1) is 16.3. The molecule has 3 aliphatic rings. The SMILES string of the molecule is O=c1cc(C2CC2)ncn1CC1CCN(CC2CCCCC2)CC1. The van der Waals surface area contributed by atoms with Gasteiger partial charge in [-0.15, -0.1) is 0 Å². The van der Waals surface area contributed by atoms with Crippen molar-refractivity contribution >= 4 is 0 Å². The fourth-order valence-electron chi connectivity index (χ4n) is 4.54. The van der Waals surface area contributed by atoms with Crippen LogP contribution in [-0.2, 0) is 6.54 Å². The predicted molar refractivity (Wildman–Crippen MR) is 96.2 cm³/mol. The van der Waals surface area contributed by atoms with Gasteiger partial charge in [0.15, 0.2) is 0 Å². The number of nitrogens with zero attached hydrogens (tertiary/aromatic N) is 3. The van der Waals surface area contributed by atoms with Gasteiger partial charge < -0.3 is 4.90 Å². The highest BCUT2D eigenvalue weighted by Crippen LogP contribution is 2.38. The van der Waals surface area contributed by atoms with E-state index in [0.29, 0.717) is 11.8 Å². The van der Waals surface area contributed by atoms with Crippen LogP contribution >= 0.6 is 0 Å². The summed E-state index contributed by atoms with van der Waals surface area (Å²) in [6.07, 6.45) is 13.9. The average Bonchev–Trinajstić information content (AvgIpc) is 3.44. The predicted octanol–water partition coefficient (Wildman–Crippen LogP) is 3.41. The quantitative estimate of drug-likeness (QED) is 0.831. The maximum Gasteiger partial charge on any atom is 0.253 e. The van der Waals surface area contributed by atoms with Crippen molar-refractivity contribution < 1.29 is 0 Å². The molecule has 0 radical (unpaired) electrons. The first-order valence-electron chi connectivity index (χ1n) is 10.1. The number of piperidine rings is 1. The van der Waals surface area contributed by atoms with Crippen LogP contribution in [0.5, 0.6) is 0 Å². The summed E-state index contributed by atoms with van der Waals surface area (Å²) >= 11 is 0. The molecular formula is C20H31N3O. The molecule has 4 nitrogen and oxygen atoms in total. The van der Waals surface area contributed by atoms with Crippen LogP contribution in [0.4, 0.5) is 0 Å². The summed E-state index contributed by atoms with van der Waals surface area (Å²) in [5.41, 5.74) is 1.16. The zero-order chi connectivity index (χ0) is 16.4. The Labute approximate surface area is 145 Å². The Balaban J connectivity index is 1.26. The summed E-state index contributed by atoms with van der Waals surface area (Å²) in [6.45, 7) is 4.59. The van der Waals surface area contributed by atoms with Gasteiger partial charge in [0.2, 0.25) is 0 Å². The summed E-state index contributed by atoms with van der Waals surface area (Å²) in [5.74, 6) is 2.14. The topological polar surface area (TPSA) is 38.1 Å². The monoisotopic (exact) mass is 329 g/mol. The van der Waals surface area contributed by atoms with Gasteiger partial charge in [-0.25, -0.2) is 4.98 Å². The second-order valence-electron chi connectivity index (χ2n) is 8.33. The van der Waals surface area contributed by atoms with Crippen molar-refractivity contribution in [2.75, 3.05) is 19.6 Å². The molecule has 4 rings (SSSR count). The van der Waals surface area contributed by atoms with E-state index < -0.39 is 0 Å². The molecule has 0 N–H and O–H groups in total. The van der Waals surface area contributed by atoms with Gasteiger partial charge in [-0.05, 0) is 63.5 Å². The Kier molecular flexibility index (Phi) is 5.02.